The van der Waals surface area contributed by atoms with Crippen molar-refractivity contribution in [2.45, 2.75) is 13.5 Å². The summed E-state index contributed by atoms with van der Waals surface area (Å²) in [6.45, 7) is 2.49. The number of hydrogen-bond donors (Lipinski definition) is 0. The molecule has 3 aromatic heterocycles. The maximum absolute atomic E-state index is 6.02. The van der Waals surface area contributed by atoms with Gasteiger partial charge < -0.3 is 9.15 Å². The van der Waals surface area contributed by atoms with Crippen molar-refractivity contribution in [2.75, 3.05) is 0 Å². The van der Waals surface area contributed by atoms with E-state index >= 15 is 0 Å². The molecule has 0 radical (unpaired) electrons. The Morgan fingerprint density at radius 2 is 2.00 bits per heavy atom. The molecule has 0 aliphatic carbocycles. The Balaban J connectivity index is 1.49. The zero-order valence-corrected chi connectivity index (χ0v) is 14.9. The Labute approximate surface area is 153 Å². The van der Waals surface area contributed by atoms with Crippen molar-refractivity contribution in [2.24, 2.45) is 0 Å². The summed E-state index contributed by atoms with van der Waals surface area (Å²) in [6, 6.07) is 17.9. The van der Waals surface area contributed by atoms with Crippen LogP contribution in [0.1, 0.15) is 10.6 Å². The number of rotatable bonds is 4. The third-order valence-corrected chi connectivity index (χ3v) is 4.99. The number of aryl methyl sites for hydroxylation is 1. The van der Waals surface area contributed by atoms with E-state index in [1.807, 2.05) is 67.7 Å². The fourth-order valence-corrected chi connectivity index (χ4v) is 3.66. The minimum atomic E-state index is 0.518. The normalized spacial score (nSPS) is 11.4. The summed E-state index contributed by atoms with van der Waals surface area (Å²) >= 11 is 1.56. The van der Waals surface area contributed by atoms with E-state index in [1.54, 1.807) is 15.9 Å². The van der Waals surface area contributed by atoms with Crippen LogP contribution in [0.25, 0.3) is 27.4 Å². The molecule has 6 heteroatoms. The Hall–Kier alpha value is -3.12. The number of ether oxygens (including phenoxy) is 1. The van der Waals surface area contributed by atoms with Gasteiger partial charge in [-0.15, -0.1) is 0 Å². The van der Waals surface area contributed by atoms with Crippen LogP contribution < -0.4 is 4.74 Å². The molecule has 5 rings (SSSR count). The first kappa shape index (κ1) is 15.2. The summed E-state index contributed by atoms with van der Waals surface area (Å²) in [5.74, 6) is 1.52. The van der Waals surface area contributed by atoms with Crippen LogP contribution in [0.5, 0.6) is 5.75 Å². The van der Waals surface area contributed by atoms with E-state index in [0.717, 1.165) is 37.9 Å². The number of imidazole rings is 1. The van der Waals surface area contributed by atoms with Crippen molar-refractivity contribution in [3.8, 4) is 17.2 Å². The molecular weight excluding hydrogens is 346 g/mol. The van der Waals surface area contributed by atoms with Crippen LogP contribution in [0.4, 0.5) is 0 Å². The third kappa shape index (κ3) is 2.64. The van der Waals surface area contributed by atoms with Crippen LogP contribution >= 0.6 is 11.3 Å². The Kier molecular flexibility index (Phi) is 3.50. The molecule has 0 aliphatic rings. The predicted molar refractivity (Wildman–Crippen MR) is 102 cm³/mol. The van der Waals surface area contributed by atoms with Crippen molar-refractivity contribution in [1.29, 1.82) is 0 Å². The average molecular weight is 361 g/mol. The molecule has 0 fully saturated rings. The maximum atomic E-state index is 6.02. The minimum absolute atomic E-state index is 0.518. The van der Waals surface area contributed by atoms with E-state index in [4.69, 9.17) is 9.15 Å². The van der Waals surface area contributed by atoms with Gasteiger partial charge in [0.25, 0.3) is 0 Å². The second kappa shape index (κ2) is 6.00. The minimum Gasteiger partial charge on any atom is -0.488 e. The maximum Gasteiger partial charge on any atom is 0.212 e. The van der Waals surface area contributed by atoms with Crippen LogP contribution in [-0.2, 0) is 6.61 Å². The molecule has 2 aromatic carbocycles. The number of aromatic nitrogens is 3. The van der Waals surface area contributed by atoms with Gasteiger partial charge in [-0.1, -0.05) is 47.7 Å². The summed E-state index contributed by atoms with van der Waals surface area (Å²) in [7, 11) is 0. The summed E-state index contributed by atoms with van der Waals surface area (Å²) in [5, 5.41) is 6.33. The molecule has 128 valence electrons. The predicted octanol–water partition coefficient (Wildman–Crippen LogP) is 5.09. The second-order valence-electron chi connectivity index (χ2n) is 6.03. The van der Waals surface area contributed by atoms with Gasteiger partial charge in [-0.3, -0.25) is 0 Å². The second-order valence-corrected chi connectivity index (χ2v) is 7.19. The van der Waals surface area contributed by atoms with E-state index in [1.165, 1.54) is 0 Å². The lowest BCUT2D eigenvalue weighted by atomic mass is 10.2. The van der Waals surface area contributed by atoms with Crippen LogP contribution in [0.15, 0.2) is 65.2 Å². The number of furan rings is 1. The first-order valence-corrected chi connectivity index (χ1v) is 9.10. The zero-order valence-electron chi connectivity index (χ0n) is 14.0. The molecule has 0 bridgehead atoms. The van der Waals surface area contributed by atoms with E-state index in [-0.39, 0.29) is 0 Å². The van der Waals surface area contributed by atoms with Gasteiger partial charge in [0.15, 0.2) is 5.76 Å². The molecule has 0 saturated heterocycles. The topological polar surface area (TPSA) is 52.6 Å². The Morgan fingerprint density at radius 1 is 1.12 bits per heavy atom. The SMILES string of the molecule is Cc1nn2cc(-c3cc4c(OCc5ccccc5)cccc4o3)nc2s1. The highest BCUT2D eigenvalue weighted by Gasteiger charge is 2.14. The highest BCUT2D eigenvalue weighted by Crippen LogP contribution is 2.34. The number of fused-ring (bicyclic) bond motifs is 2. The molecule has 5 aromatic rings. The third-order valence-electron chi connectivity index (χ3n) is 4.16. The van der Waals surface area contributed by atoms with Crippen LogP contribution in [0.2, 0.25) is 0 Å². The van der Waals surface area contributed by atoms with Crippen LogP contribution in [0, 0.1) is 6.92 Å². The van der Waals surface area contributed by atoms with Gasteiger partial charge in [0, 0.05) is 0 Å². The van der Waals surface area contributed by atoms with Gasteiger partial charge in [0.1, 0.15) is 28.6 Å². The number of hydrogen-bond acceptors (Lipinski definition) is 5. The quantitative estimate of drug-likeness (QED) is 0.447. The highest BCUT2D eigenvalue weighted by molar-refractivity contribution is 7.16. The molecular formula is C20H15N3O2S. The lowest BCUT2D eigenvalue weighted by Crippen LogP contribution is -1.94. The van der Waals surface area contributed by atoms with E-state index in [0.29, 0.717) is 12.4 Å². The summed E-state index contributed by atoms with van der Waals surface area (Å²) < 4.78 is 13.8. The lowest BCUT2D eigenvalue weighted by Gasteiger charge is -2.06. The van der Waals surface area contributed by atoms with Crippen LogP contribution in [0.3, 0.4) is 0 Å². The van der Waals surface area contributed by atoms with Gasteiger partial charge in [0.2, 0.25) is 4.96 Å². The molecule has 0 N–H and O–H groups in total. The first-order valence-electron chi connectivity index (χ1n) is 8.29. The fourth-order valence-electron chi connectivity index (χ4n) is 2.94. The monoisotopic (exact) mass is 361 g/mol. The van der Waals surface area contributed by atoms with Gasteiger partial charge in [-0.2, -0.15) is 5.10 Å². The van der Waals surface area contributed by atoms with E-state index in [2.05, 4.69) is 10.1 Å². The van der Waals surface area contributed by atoms with Gasteiger partial charge in [0.05, 0.1) is 11.6 Å². The van der Waals surface area contributed by atoms with E-state index in [9.17, 15) is 0 Å². The molecule has 0 spiro atoms. The smallest absolute Gasteiger partial charge is 0.212 e. The molecule has 0 amide bonds. The molecule has 0 saturated carbocycles. The molecule has 0 unspecified atom stereocenters. The molecule has 0 atom stereocenters. The Bertz CT molecular complexity index is 1170. The molecule has 3 heterocycles. The van der Waals surface area contributed by atoms with Crippen molar-refractivity contribution in [3.05, 3.63) is 71.4 Å². The lowest BCUT2D eigenvalue weighted by molar-refractivity contribution is 0.310. The van der Waals surface area contributed by atoms with Crippen LogP contribution in [-0.4, -0.2) is 14.6 Å². The van der Waals surface area contributed by atoms with Crippen molar-refractivity contribution >= 4 is 27.3 Å². The van der Waals surface area contributed by atoms with Crippen molar-refractivity contribution in [1.82, 2.24) is 14.6 Å². The van der Waals surface area contributed by atoms with Gasteiger partial charge in [-0.05, 0) is 30.7 Å². The molecule has 26 heavy (non-hydrogen) atoms. The summed E-state index contributed by atoms with van der Waals surface area (Å²) in [6.07, 6.45) is 1.89. The van der Waals surface area contributed by atoms with E-state index < -0.39 is 0 Å². The molecule has 5 nitrogen and oxygen atoms in total. The zero-order chi connectivity index (χ0) is 17.5. The summed E-state index contributed by atoms with van der Waals surface area (Å²) in [5.41, 5.74) is 2.68. The van der Waals surface area contributed by atoms with Gasteiger partial charge in [-0.25, -0.2) is 9.50 Å². The average Bonchev–Trinajstić information content (AvgIpc) is 3.32. The largest absolute Gasteiger partial charge is 0.488 e. The van der Waals surface area contributed by atoms with Gasteiger partial charge >= 0.3 is 0 Å². The Morgan fingerprint density at radius 3 is 2.85 bits per heavy atom. The molecule has 0 aliphatic heterocycles. The van der Waals surface area contributed by atoms with Crippen molar-refractivity contribution < 1.29 is 9.15 Å². The number of benzene rings is 2. The van der Waals surface area contributed by atoms with Crippen molar-refractivity contribution in [3.63, 3.8) is 0 Å². The highest BCUT2D eigenvalue weighted by atomic mass is 32.1. The fraction of sp³-hybridized carbons (Fsp3) is 0.100. The summed E-state index contributed by atoms with van der Waals surface area (Å²) in [4.78, 5) is 5.47. The standard InChI is InChI=1S/C20H15N3O2S/c1-13-22-23-11-16(21-20(23)26-13)19-10-15-17(8-5-9-18(15)25-19)24-12-14-6-3-2-4-7-14/h2-11H,12H2,1H3. The first-order chi connectivity index (χ1) is 12.8. The number of nitrogens with zero attached hydrogens (tertiary/aromatic N) is 3.